The smallest absolute Gasteiger partial charge is 0.0740 e. The first-order valence-electron chi connectivity index (χ1n) is 6.37. The van der Waals surface area contributed by atoms with Gasteiger partial charge in [0.2, 0.25) is 0 Å². The van der Waals surface area contributed by atoms with Crippen LogP contribution in [0.2, 0.25) is 0 Å². The van der Waals surface area contributed by atoms with Crippen molar-refractivity contribution in [3.63, 3.8) is 0 Å². The molecule has 2 N–H and O–H groups in total. The van der Waals surface area contributed by atoms with Crippen molar-refractivity contribution in [2.24, 2.45) is 0 Å². The molecule has 4 nitrogen and oxygen atoms in total. The highest BCUT2D eigenvalue weighted by Gasteiger charge is 2.17. The molecule has 0 radical (unpaired) electrons. The fourth-order valence-electron chi connectivity index (χ4n) is 1.79. The standard InChI is InChI=1S/C12H27N3O/c1-4-12(2,16)11-13-5-6-15-9-7-14(3)8-10-15/h13,16H,4-11H2,1-3H3. The minimum atomic E-state index is -0.553. The van der Waals surface area contributed by atoms with E-state index >= 15 is 0 Å². The van der Waals surface area contributed by atoms with E-state index in [-0.39, 0.29) is 0 Å². The van der Waals surface area contributed by atoms with E-state index in [4.69, 9.17) is 0 Å². The van der Waals surface area contributed by atoms with Crippen LogP contribution >= 0.6 is 0 Å². The van der Waals surface area contributed by atoms with Gasteiger partial charge in [0.05, 0.1) is 5.60 Å². The van der Waals surface area contributed by atoms with E-state index in [2.05, 4.69) is 22.2 Å². The molecule has 1 atom stereocenters. The van der Waals surface area contributed by atoms with Gasteiger partial charge < -0.3 is 15.3 Å². The van der Waals surface area contributed by atoms with E-state index in [9.17, 15) is 5.11 Å². The topological polar surface area (TPSA) is 38.7 Å². The van der Waals surface area contributed by atoms with E-state index in [0.717, 1.165) is 19.5 Å². The van der Waals surface area contributed by atoms with Crippen molar-refractivity contribution < 1.29 is 5.11 Å². The van der Waals surface area contributed by atoms with Crippen molar-refractivity contribution in [3.05, 3.63) is 0 Å². The Morgan fingerprint density at radius 3 is 2.44 bits per heavy atom. The number of hydrogen-bond acceptors (Lipinski definition) is 4. The Hall–Kier alpha value is -0.160. The highest BCUT2D eigenvalue weighted by atomic mass is 16.3. The minimum absolute atomic E-state index is 0.553. The van der Waals surface area contributed by atoms with Gasteiger partial charge in [-0.05, 0) is 20.4 Å². The van der Waals surface area contributed by atoms with Gasteiger partial charge in [0, 0.05) is 45.8 Å². The van der Waals surface area contributed by atoms with Gasteiger partial charge >= 0.3 is 0 Å². The molecule has 96 valence electrons. The zero-order chi connectivity index (χ0) is 12.0. The number of likely N-dealkylation sites (N-methyl/N-ethyl adjacent to an activating group) is 1. The molecule has 1 rings (SSSR count). The van der Waals surface area contributed by atoms with Crippen LogP contribution in [0.4, 0.5) is 0 Å². The van der Waals surface area contributed by atoms with E-state index in [1.165, 1.54) is 26.2 Å². The predicted molar refractivity (Wildman–Crippen MR) is 67.7 cm³/mol. The predicted octanol–water partition coefficient (Wildman–Crippen LogP) is -0.0156. The molecule has 0 saturated carbocycles. The Morgan fingerprint density at radius 2 is 1.88 bits per heavy atom. The van der Waals surface area contributed by atoms with Crippen LogP contribution in [0.25, 0.3) is 0 Å². The lowest BCUT2D eigenvalue weighted by Gasteiger charge is -2.32. The molecular weight excluding hydrogens is 202 g/mol. The third-order valence-electron chi connectivity index (χ3n) is 3.47. The Kier molecular flexibility index (Phi) is 5.69. The summed E-state index contributed by atoms with van der Waals surface area (Å²) in [5, 5.41) is 13.1. The molecule has 16 heavy (non-hydrogen) atoms. The average molecular weight is 229 g/mol. The van der Waals surface area contributed by atoms with E-state index in [1.807, 2.05) is 13.8 Å². The molecule has 1 saturated heterocycles. The molecule has 0 aliphatic carbocycles. The lowest BCUT2D eigenvalue weighted by atomic mass is 10.0. The lowest BCUT2D eigenvalue weighted by Crippen LogP contribution is -2.47. The van der Waals surface area contributed by atoms with Crippen LogP contribution < -0.4 is 5.32 Å². The second kappa shape index (κ2) is 6.55. The Balaban J connectivity index is 2.03. The molecule has 1 aliphatic heterocycles. The number of hydrogen-bond donors (Lipinski definition) is 2. The van der Waals surface area contributed by atoms with Crippen LogP contribution in [-0.2, 0) is 0 Å². The Morgan fingerprint density at radius 1 is 1.25 bits per heavy atom. The van der Waals surface area contributed by atoms with Crippen LogP contribution in [0.5, 0.6) is 0 Å². The van der Waals surface area contributed by atoms with Crippen molar-refractivity contribution in [1.82, 2.24) is 15.1 Å². The van der Waals surface area contributed by atoms with E-state index in [1.54, 1.807) is 0 Å². The first-order chi connectivity index (χ1) is 7.53. The molecule has 1 heterocycles. The van der Waals surface area contributed by atoms with Crippen molar-refractivity contribution in [2.75, 3.05) is 52.9 Å². The molecule has 4 heteroatoms. The van der Waals surface area contributed by atoms with E-state index in [0.29, 0.717) is 6.54 Å². The third-order valence-corrected chi connectivity index (χ3v) is 3.47. The zero-order valence-electron chi connectivity index (χ0n) is 11.0. The van der Waals surface area contributed by atoms with Crippen molar-refractivity contribution >= 4 is 0 Å². The highest BCUT2D eigenvalue weighted by molar-refractivity contribution is 4.74. The summed E-state index contributed by atoms with van der Waals surface area (Å²) in [5.74, 6) is 0. The van der Waals surface area contributed by atoms with Gasteiger partial charge in [-0.15, -0.1) is 0 Å². The van der Waals surface area contributed by atoms with Crippen LogP contribution in [0.15, 0.2) is 0 Å². The van der Waals surface area contributed by atoms with Crippen LogP contribution in [0, 0.1) is 0 Å². The molecule has 1 unspecified atom stereocenters. The fourth-order valence-corrected chi connectivity index (χ4v) is 1.79. The Labute approximate surface area is 99.6 Å². The molecular formula is C12H27N3O. The monoisotopic (exact) mass is 229 g/mol. The van der Waals surface area contributed by atoms with Crippen LogP contribution in [0.3, 0.4) is 0 Å². The number of piperazine rings is 1. The number of rotatable bonds is 6. The number of nitrogens with one attached hydrogen (secondary N) is 1. The minimum Gasteiger partial charge on any atom is -0.389 e. The molecule has 0 aromatic carbocycles. The maximum Gasteiger partial charge on any atom is 0.0740 e. The van der Waals surface area contributed by atoms with E-state index < -0.39 is 5.60 Å². The van der Waals surface area contributed by atoms with Gasteiger partial charge in [0.15, 0.2) is 0 Å². The van der Waals surface area contributed by atoms with Crippen LogP contribution in [-0.4, -0.2) is 73.4 Å². The van der Waals surface area contributed by atoms with Gasteiger partial charge in [0.25, 0.3) is 0 Å². The summed E-state index contributed by atoms with van der Waals surface area (Å²) in [7, 11) is 2.17. The zero-order valence-corrected chi connectivity index (χ0v) is 11.0. The largest absolute Gasteiger partial charge is 0.389 e. The van der Waals surface area contributed by atoms with Gasteiger partial charge in [-0.2, -0.15) is 0 Å². The number of aliphatic hydroxyl groups is 1. The summed E-state index contributed by atoms with van der Waals surface area (Å²) >= 11 is 0. The molecule has 0 aromatic rings. The van der Waals surface area contributed by atoms with Gasteiger partial charge in [-0.3, -0.25) is 4.90 Å². The lowest BCUT2D eigenvalue weighted by molar-refractivity contribution is 0.0547. The summed E-state index contributed by atoms with van der Waals surface area (Å²) in [4.78, 5) is 4.85. The summed E-state index contributed by atoms with van der Waals surface area (Å²) in [6.45, 7) is 11.3. The fraction of sp³-hybridized carbons (Fsp3) is 1.00. The first kappa shape index (κ1) is 13.9. The van der Waals surface area contributed by atoms with Crippen molar-refractivity contribution in [2.45, 2.75) is 25.9 Å². The SMILES string of the molecule is CCC(C)(O)CNCCN1CCN(C)CC1. The van der Waals surface area contributed by atoms with Crippen molar-refractivity contribution in [3.8, 4) is 0 Å². The molecule has 0 amide bonds. The van der Waals surface area contributed by atoms with Gasteiger partial charge in [0.1, 0.15) is 0 Å². The summed E-state index contributed by atoms with van der Waals surface area (Å²) < 4.78 is 0. The third kappa shape index (κ3) is 5.25. The second-order valence-electron chi connectivity index (χ2n) is 5.17. The van der Waals surface area contributed by atoms with Crippen LogP contribution in [0.1, 0.15) is 20.3 Å². The maximum atomic E-state index is 9.81. The normalized spacial score (nSPS) is 23.2. The van der Waals surface area contributed by atoms with Gasteiger partial charge in [-0.25, -0.2) is 0 Å². The summed E-state index contributed by atoms with van der Waals surface area (Å²) in [6.07, 6.45) is 0.800. The van der Waals surface area contributed by atoms with Gasteiger partial charge in [-0.1, -0.05) is 6.92 Å². The summed E-state index contributed by atoms with van der Waals surface area (Å²) in [5.41, 5.74) is -0.553. The first-order valence-corrected chi connectivity index (χ1v) is 6.37. The average Bonchev–Trinajstić information content (AvgIpc) is 2.27. The van der Waals surface area contributed by atoms with Crippen molar-refractivity contribution in [1.29, 1.82) is 0 Å². The second-order valence-corrected chi connectivity index (χ2v) is 5.17. The summed E-state index contributed by atoms with van der Waals surface area (Å²) in [6, 6.07) is 0. The molecule has 0 bridgehead atoms. The molecule has 0 aromatic heterocycles. The quantitative estimate of drug-likeness (QED) is 0.628. The molecule has 0 spiro atoms. The highest BCUT2D eigenvalue weighted by Crippen LogP contribution is 2.05. The Bertz CT molecular complexity index is 189. The molecule has 1 aliphatic rings. The number of nitrogens with zero attached hydrogens (tertiary/aromatic N) is 2. The molecule has 1 fully saturated rings. The maximum absolute atomic E-state index is 9.81.